The Hall–Kier alpha value is -2.44. The lowest BCUT2D eigenvalue weighted by atomic mass is 10.2. The predicted octanol–water partition coefficient (Wildman–Crippen LogP) is 0.492. The normalized spacial score (nSPS) is 11.3. The summed E-state index contributed by atoms with van der Waals surface area (Å²) in [6.07, 6.45) is 1.45. The van der Waals surface area contributed by atoms with Crippen LogP contribution in [0.2, 0.25) is 0 Å². The Morgan fingerprint density at radius 3 is 2.81 bits per heavy atom. The van der Waals surface area contributed by atoms with Crippen molar-refractivity contribution in [2.24, 2.45) is 7.05 Å². The van der Waals surface area contributed by atoms with Crippen LogP contribution in [-0.2, 0) is 23.6 Å². The lowest BCUT2D eigenvalue weighted by molar-refractivity contribution is 0.580. The van der Waals surface area contributed by atoms with E-state index in [1.165, 1.54) is 10.9 Å². The number of hydrogen-bond donors (Lipinski definition) is 2. The summed E-state index contributed by atoms with van der Waals surface area (Å²) in [5.41, 5.74) is 5.89. The Kier molecular flexibility index (Phi) is 3.93. The molecule has 1 aromatic carbocycles. The summed E-state index contributed by atoms with van der Waals surface area (Å²) < 4.78 is 41.1. The number of halogens is 1. The van der Waals surface area contributed by atoms with Gasteiger partial charge < -0.3 is 5.73 Å². The number of benzene rings is 1. The second-order valence-corrected chi connectivity index (χ2v) is 6.02. The van der Waals surface area contributed by atoms with Crippen LogP contribution in [0.4, 0.5) is 10.2 Å². The van der Waals surface area contributed by atoms with Gasteiger partial charge in [0, 0.05) is 19.2 Å². The zero-order chi connectivity index (χ0) is 15.6. The van der Waals surface area contributed by atoms with Gasteiger partial charge in [0.1, 0.15) is 17.7 Å². The zero-order valence-electron chi connectivity index (χ0n) is 11.0. The minimum absolute atomic E-state index is 0.0543. The van der Waals surface area contributed by atoms with E-state index in [2.05, 4.69) is 9.82 Å². The molecule has 9 heteroatoms. The molecule has 0 aliphatic rings. The fraction of sp³-hybridized carbons (Fsp3) is 0.167. The first-order valence-electron chi connectivity index (χ1n) is 5.81. The molecule has 21 heavy (non-hydrogen) atoms. The molecule has 7 nitrogen and oxygen atoms in total. The highest BCUT2D eigenvalue weighted by Crippen LogP contribution is 2.16. The predicted molar refractivity (Wildman–Crippen MR) is 72.8 cm³/mol. The Bertz CT molecular complexity index is 823. The molecule has 0 bridgehead atoms. The Morgan fingerprint density at radius 2 is 2.24 bits per heavy atom. The molecule has 2 rings (SSSR count). The average molecular weight is 309 g/mol. The number of anilines is 1. The molecule has 0 aliphatic carbocycles. The van der Waals surface area contributed by atoms with Crippen molar-refractivity contribution in [3.8, 4) is 6.07 Å². The number of rotatable bonds is 4. The van der Waals surface area contributed by atoms with Crippen LogP contribution in [-0.4, -0.2) is 18.2 Å². The number of sulfonamides is 1. The molecule has 1 aromatic heterocycles. The Balaban J connectivity index is 2.23. The molecule has 0 saturated carbocycles. The average Bonchev–Trinajstić information content (AvgIpc) is 2.77. The minimum atomic E-state index is -3.88. The summed E-state index contributed by atoms with van der Waals surface area (Å²) in [7, 11) is -2.24. The van der Waals surface area contributed by atoms with E-state index < -0.39 is 15.8 Å². The second kappa shape index (κ2) is 5.51. The van der Waals surface area contributed by atoms with Crippen LogP contribution in [0.25, 0.3) is 0 Å². The maximum absolute atomic E-state index is 13.2. The number of nitrogen functional groups attached to an aromatic ring is 1. The lowest BCUT2D eigenvalue weighted by Gasteiger charge is -2.07. The van der Waals surface area contributed by atoms with Crippen molar-refractivity contribution < 1.29 is 12.8 Å². The van der Waals surface area contributed by atoms with Crippen molar-refractivity contribution >= 4 is 15.8 Å². The maximum Gasteiger partial charge on any atom is 0.240 e. The van der Waals surface area contributed by atoms with Gasteiger partial charge in [-0.2, -0.15) is 10.4 Å². The smallest absolute Gasteiger partial charge is 0.240 e. The lowest BCUT2D eigenvalue weighted by Crippen LogP contribution is -2.23. The van der Waals surface area contributed by atoms with Gasteiger partial charge in [0.2, 0.25) is 10.0 Å². The van der Waals surface area contributed by atoms with E-state index in [0.717, 1.165) is 18.2 Å². The summed E-state index contributed by atoms with van der Waals surface area (Å²) in [6, 6.07) is 4.59. The van der Waals surface area contributed by atoms with Gasteiger partial charge in [0.05, 0.1) is 16.7 Å². The number of aryl methyl sites for hydroxylation is 1. The zero-order valence-corrected chi connectivity index (χ0v) is 11.9. The first kappa shape index (κ1) is 15.0. The van der Waals surface area contributed by atoms with E-state index in [0.29, 0.717) is 11.4 Å². The summed E-state index contributed by atoms with van der Waals surface area (Å²) in [5.74, 6) is -0.428. The molecular weight excluding hydrogens is 297 g/mol. The third-order valence-electron chi connectivity index (χ3n) is 2.89. The number of nitriles is 1. The fourth-order valence-corrected chi connectivity index (χ4v) is 2.67. The number of aromatic nitrogens is 2. The van der Waals surface area contributed by atoms with Crippen LogP contribution in [0.1, 0.15) is 11.1 Å². The van der Waals surface area contributed by atoms with E-state index >= 15 is 0 Å². The highest BCUT2D eigenvalue weighted by molar-refractivity contribution is 7.89. The van der Waals surface area contributed by atoms with Crippen LogP contribution in [0, 0.1) is 17.1 Å². The first-order valence-corrected chi connectivity index (χ1v) is 7.29. The third-order valence-corrected chi connectivity index (χ3v) is 4.28. The van der Waals surface area contributed by atoms with Crippen molar-refractivity contribution in [2.75, 3.05) is 5.73 Å². The SMILES string of the molecule is Cn1ncc(CNS(=O)(=O)c2ccc(F)c(C#N)c2)c1N. The third kappa shape index (κ3) is 3.01. The molecule has 0 radical (unpaired) electrons. The molecule has 0 saturated heterocycles. The van der Waals surface area contributed by atoms with Crippen LogP contribution < -0.4 is 10.5 Å². The monoisotopic (exact) mass is 309 g/mol. The fourth-order valence-electron chi connectivity index (χ4n) is 1.64. The topological polar surface area (TPSA) is 114 Å². The van der Waals surface area contributed by atoms with Crippen LogP contribution in [0.3, 0.4) is 0 Å². The van der Waals surface area contributed by atoms with Crippen LogP contribution >= 0.6 is 0 Å². The molecular formula is C12H12FN5O2S. The van der Waals surface area contributed by atoms with Crippen molar-refractivity contribution in [3.63, 3.8) is 0 Å². The van der Waals surface area contributed by atoms with Gasteiger partial charge in [-0.3, -0.25) is 4.68 Å². The molecule has 2 aromatic rings. The Morgan fingerprint density at radius 1 is 1.52 bits per heavy atom. The quantitative estimate of drug-likeness (QED) is 0.853. The summed E-state index contributed by atoms with van der Waals surface area (Å²) >= 11 is 0. The molecule has 0 unspecified atom stereocenters. The minimum Gasteiger partial charge on any atom is -0.384 e. The van der Waals surface area contributed by atoms with Gasteiger partial charge >= 0.3 is 0 Å². The highest BCUT2D eigenvalue weighted by atomic mass is 32.2. The molecule has 110 valence electrons. The molecule has 0 spiro atoms. The molecule has 3 N–H and O–H groups in total. The number of nitrogens with two attached hydrogens (primary N) is 1. The molecule has 0 fully saturated rings. The molecule has 1 heterocycles. The van der Waals surface area contributed by atoms with Crippen molar-refractivity contribution in [1.82, 2.24) is 14.5 Å². The number of hydrogen-bond acceptors (Lipinski definition) is 5. The molecule has 0 aliphatic heterocycles. The van der Waals surface area contributed by atoms with Crippen LogP contribution in [0.15, 0.2) is 29.3 Å². The molecule has 0 atom stereocenters. The van der Waals surface area contributed by atoms with Gasteiger partial charge in [0.15, 0.2) is 0 Å². The van der Waals surface area contributed by atoms with Gasteiger partial charge in [-0.1, -0.05) is 0 Å². The largest absolute Gasteiger partial charge is 0.384 e. The number of nitrogens with zero attached hydrogens (tertiary/aromatic N) is 3. The maximum atomic E-state index is 13.2. The van der Waals surface area contributed by atoms with Gasteiger partial charge in [0.25, 0.3) is 0 Å². The van der Waals surface area contributed by atoms with E-state index in [9.17, 15) is 12.8 Å². The van der Waals surface area contributed by atoms with Crippen molar-refractivity contribution in [2.45, 2.75) is 11.4 Å². The van der Waals surface area contributed by atoms with Crippen LogP contribution in [0.5, 0.6) is 0 Å². The van der Waals surface area contributed by atoms with E-state index in [4.69, 9.17) is 11.0 Å². The van der Waals surface area contributed by atoms with Crippen molar-refractivity contribution in [1.29, 1.82) is 5.26 Å². The van der Waals surface area contributed by atoms with Gasteiger partial charge in [-0.15, -0.1) is 0 Å². The van der Waals surface area contributed by atoms with E-state index in [-0.39, 0.29) is 17.0 Å². The summed E-state index contributed by atoms with van der Waals surface area (Å²) in [5, 5.41) is 12.6. The van der Waals surface area contributed by atoms with E-state index in [1.54, 1.807) is 13.1 Å². The van der Waals surface area contributed by atoms with Gasteiger partial charge in [-0.05, 0) is 18.2 Å². The van der Waals surface area contributed by atoms with E-state index in [1.807, 2.05) is 0 Å². The van der Waals surface area contributed by atoms with Gasteiger partial charge in [-0.25, -0.2) is 17.5 Å². The standard InChI is InChI=1S/C12H12FN5O2S/c1-18-12(15)9(6-16-18)7-17-21(19,20)10-2-3-11(13)8(4-10)5-14/h2-4,6,17H,7,15H2,1H3. The highest BCUT2D eigenvalue weighted by Gasteiger charge is 2.17. The first-order chi connectivity index (χ1) is 9.85. The summed E-state index contributed by atoms with van der Waals surface area (Å²) in [6.45, 7) is -0.0543. The number of nitrogens with one attached hydrogen (secondary N) is 1. The van der Waals surface area contributed by atoms with Crippen molar-refractivity contribution in [3.05, 3.63) is 41.3 Å². The molecule has 0 amide bonds. The second-order valence-electron chi connectivity index (χ2n) is 4.26. The Labute approximate surface area is 120 Å². The summed E-state index contributed by atoms with van der Waals surface area (Å²) in [4.78, 5) is -0.192.